The van der Waals surface area contributed by atoms with Crippen LogP contribution in [0.3, 0.4) is 0 Å². The van der Waals surface area contributed by atoms with Crippen LogP contribution in [0, 0.1) is 13.8 Å². The second-order valence-electron chi connectivity index (χ2n) is 4.38. The lowest BCUT2D eigenvalue weighted by Crippen LogP contribution is -2.04. The van der Waals surface area contributed by atoms with Crippen molar-refractivity contribution in [3.05, 3.63) is 52.2 Å². The van der Waals surface area contributed by atoms with Crippen LogP contribution in [0.5, 0.6) is 5.88 Å². The summed E-state index contributed by atoms with van der Waals surface area (Å²) in [6, 6.07) is 9.71. The van der Waals surface area contributed by atoms with Crippen LogP contribution in [0.4, 0.5) is 5.69 Å². The summed E-state index contributed by atoms with van der Waals surface area (Å²) in [5.41, 5.74) is 3.87. The minimum absolute atomic E-state index is 0.396. The van der Waals surface area contributed by atoms with E-state index in [1.54, 1.807) is 0 Å². The molecule has 0 aliphatic heterocycles. The second kappa shape index (κ2) is 5.93. The van der Waals surface area contributed by atoms with Gasteiger partial charge in [0.2, 0.25) is 5.88 Å². The highest BCUT2D eigenvalue weighted by Gasteiger charge is 2.08. The second-order valence-corrected chi connectivity index (χ2v) is 4.79. The lowest BCUT2D eigenvalue weighted by molar-refractivity contribution is 0.291. The van der Waals surface area contributed by atoms with Gasteiger partial charge in [0.25, 0.3) is 0 Å². The smallest absolute Gasteiger partial charge is 0.216 e. The molecule has 0 fully saturated rings. The van der Waals surface area contributed by atoms with Crippen molar-refractivity contribution >= 4 is 17.3 Å². The molecule has 2 aromatic rings. The first-order valence-corrected chi connectivity index (χ1v) is 6.52. The van der Waals surface area contributed by atoms with Crippen LogP contribution < -0.4 is 10.1 Å². The topological polar surface area (TPSA) is 34.1 Å². The summed E-state index contributed by atoms with van der Waals surface area (Å²) in [5, 5.41) is 3.81. The molecule has 0 spiro atoms. The molecule has 4 heteroatoms. The monoisotopic (exact) mass is 276 g/mol. The molecule has 2 rings (SSSR count). The molecule has 1 aromatic heterocycles. The quantitative estimate of drug-likeness (QED) is 0.917. The summed E-state index contributed by atoms with van der Waals surface area (Å²) in [5.74, 6) is 0.655. The molecule has 0 saturated heterocycles. The predicted molar refractivity (Wildman–Crippen MR) is 79.0 cm³/mol. The van der Waals surface area contributed by atoms with E-state index in [9.17, 15) is 0 Å². The first kappa shape index (κ1) is 13.7. The molecule has 0 radical (unpaired) electrons. The average Bonchev–Trinajstić information content (AvgIpc) is 2.40. The summed E-state index contributed by atoms with van der Waals surface area (Å²) in [7, 11) is 1.87. The number of nitrogens with zero attached hydrogens (tertiary/aromatic N) is 1. The molecule has 0 bridgehead atoms. The normalized spacial score (nSPS) is 10.3. The molecule has 1 N–H and O–H groups in total. The number of aryl methyl sites for hydroxylation is 2. The Morgan fingerprint density at radius 3 is 2.74 bits per heavy atom. The lowest BCUT2D eigenvalue weighted by Gasteiger charge is -2.13. The van der Waals surface area contributed by atoms with Crippen LogP contribution >= 0.6 is 11.6 Å². The van der Waals surface area contributed by atoms with Crippen molar-refractivity contribution in [1.29, 1.82) is 0 Å². The molecule has 1 aromatic carbocycles. The molecule has 3 nitrogen and oxygen atoms in total. The molecular weight excluding hydrogens is 260 g/mol. The van der Waals surface area contributed by atoms with Gasteiger partial charge < -0.3 is 10.1 Å². The Bertz CT molecular complexity index is 584. The molecule has 0 saturated carbocycles. The summed E-state index contributed by atoms with van der Waals surface area (Å²) < 4.78 is 5.79. The van der Waals surface area contributed by atoms with Gasteiger partial charge in [0.15, 0.2) is 0 Å². The van der Waals surface area contributed by atoms with Crippen LogP contribution in [0.15, 0.2) is 30.3 Å². The number of benzene rings is 1. The molecular formula is C15H17ClN2O. The van der Waals surface area contributed by atoms with Gasteiger partial charge in [0, 0.05) is 34.6 Å². The van der Waals surface area contributed by atoms with Gasteiger partial charge in [-0.1, -0.05) is 23.7 Å². The Balaban J connectivity index is 2.21. The van der Waals surface area contributed by atoms with Crippen LogP contribution in [0.25, 0.3) is 0 Å². The SMILES string of the molecule is CNc1cccc(Cl)c1COc1nc(C)ccc1C. The van der Waals surface area contributed by atoms with Crippen molar-refractivity contribution in [2.75, 3.05) is 12.4 Å². The van der Waals surface area contributed by atoms with Crippen LogP contribution in [-0.4, -0.2) is 12.0 Å². The van der Waals surface area contributed by atoms with Gasteiger partial charge in [0.05, 0.1) is 0 Å². The van der Waals surface area contributed by atoms with Crippen molar-refractivity contribution in [3.63, 3.8) is 0 Å². The van der Waals surface area contributed by atoms with Crippen molar-refractivity contribution in [1.82, 2.24) is 4.98 Å². The molecule has 19 heavy (non-hydrogen) atoms. The number of aromatic nitrogens is 1. The summed E-state index contributed by atoms with van der Waals surface area (Å²) >= 11 is 6.21. The van der Waals surface area contributed by atoms with E-state index < -0.39 is 0 Å². The van der Waals surface area contributed by atoms with Gasteiger partial charge in [0.1, 0.15) is 6.61 Å². The standard InChI is InChI=1S/C15H17ClN2O/c1-10-7-8-11(2)18-15(10)19-9-12-13(16)5-4-6-14(12)17-3/h4-8,17H,9H2,1-3H3. The number of rotatable bonds is 4. The zero-order chi connectivity index (χ0) is 13.8. The maximum Gasteiger partial charge on any atom is 0.216 e. The van der Waals surface area contributed by atoms with E-state index in [0.29, 0.717) is 17.5 Å². The van der Waals surface area contributed by atoms with Gasteiger partial charge in [-0.2, -0.15) is 0 Å². The fraction of sp³-hybridized carbons (Fsp3) is 0.267. The fourth-order valence-corrected chi connectivity index (χ4v) is 2.06. The predicted octanol–water partition coefficient (Wildman–Crippen LogP) is 3.97. The molecule has 100 valence electrons. The van der Waals surface area contributed by atoms with Crippen molar-refractivity contribution < 1.29 is 4.74 Å². The third-order valence-electron chi connectivity index (χ3n) is 2.93. The minimum atomic E-state index is 0.396. The first-order chi connectivity index (χ1) is 9.11. The highest BCUT2D eigenvalue weighted by Crippen LogP contribution is 2.26. The number of hydrogen-bond donors (Lipinski definition) is 1. The van der Waals surface area contributed by atoms with Gasteiger partial charge in [-0.05, 0) is 32.0 Å². The van der Waals surface area contributed by atoms with Crippen molar-refractivity contribution in [2.45, 2.75) is 20.5 Å². The van der Waals surface area contributed by atoms with Gasteiger partial charge in [-0.15, -0.1) is 0 Å². The van der Waals surface area contributed by atoms with Gasteiger partial charge in [-0.25, -0.2) is 4.98 Å². The Kier molecular flexibility index (Phi) is 4.27. The Hall–Kier alpha value is -1.74. The third-order valence-corrected chi connectivity index (χ3v) is 3.29. The lowest BCUT2D eigenvalue weighted by atomic mass is 10.2. The van der Waals surface area contributed by atoms with Crippen molar-refractivity contribution in [2.24, 2.45) is 0 Å². The Morgan fingerprint density at radius 1 is 1.21 bits per heavy atom. The maximum absolute atomic E-state index is 6.21. The molecule has 0 unspecified atom stereocenters. The molecule has 1 heterocycles. The van der Waals surface area contributed by atoms with E-state index in [4.69, 9.17) is 16.3 Å². The van der Waals surface area contributed by atoms with E-state index in [0.717, 1.165) is 22.5 Å². The van der Waals surface area contributed by atoms with Crippen LogP contribution in [-0.2, 0) is 6.61 Å². The van der Waals surface area contributed by atoms with Crippen molar-refractivity contribution in [3.8, 4) is 5.88 Å². The summed E-state index contributed by atoms with van der Waals surface area (Å²) in [6.45, 7) is 4.32. The number of pyridine rings is 1. The van der Waals surface area contributed by atoms with E-state index in [-0.39, 0.29) is 0 Å². The van der Waals surface area contributed by atoms with Crippen LogP contribution in [0.1, 0.15) is 16.8 Å². The largest absolute Gasteiger partial charge is 0.472 e. The number of ether oxygens (including phenoxy) is 1. The average molecular weight is 277 g/mol. The van der Waals surface area contributed by atoms with E-state index in [1.807, 2.05) is 51.2 Å². The van der Waals surface area contributed by atoms with E-state index >= 15 is 0 Å². The summed E-state index contributed by atoms with van der Waals surface area (Å²) in [4.78, 5) is 4.39. The first-order valence-electron chi connectivity index (χ1n) is 6.14. The van der Waals surface area contributed by atoms with Crippen LogP contribution in [0.2, 0.25) is 5.02 Å². The molecule has 0 amide bonds. The number of halogens is 1. The highest BCUT2D eigenvalue weighted by molar-refractivity contribution is 6.31. The zero-order valence-corrected chi connectivity index (χ0v) is 12.1. The Morgan fingerprint density at radius 2 is 2.00 bits per heavy atom. The number of hydrogen-bond acceptors (Lipinski definition) is 3. The molecule has 0 aliphatic carbocycles. The fourth-order valence-electron chi connectivity index (χ4n) is 1.83. The van der Waals surface area contributed by atoms with Gasteiger partial charge in [-0.3, -0.25) is 0 Å². The van der Waals surface area contributed by atoms with E-state index in [2.05, 4.69) is 10.3 Å². The maximum atomic E-state index is 6.21. The molecule has 0 aliphatic rings. The minimum Gasteiger partial charge on any atom is -0.472 e. The summed E-state index contributed by atoms with van der Waals surface area (Å²) in [6.07, 6.45) is 0. The van der Waals surface area contributed by atoms with Gasteiger partial charge >= 0.3 is 0 Å². The zero-order valence-electron chi connectivity index (χ0n) is 11.3. The highest BCUT2D eigenvalue weighted by atomic mass is 35.5. The third kappa shape index (κ3) is 3.18. The van der Waals surface area contributed by atoms with E-state index in [1.165, 1.54) is 0 Å². The molecule has 0 atom stereocenters. The number of nitrogens with one attached hydrogen (secondary N) is 1. The number of anilines is 1. The Labute approximate surface area is 118 Å².